The van der Waals surface area contributed by atoms with Crippen LogP contribution in [0, 0.1) is 6.92 Å². The van der Waals surface area contributed by atoms with Crippen LogP contribution < -0.4 is 0 Å². The summed E-state index contributed by atoms with van der Waals surface area (Å²) < 4.78 is 0. The van der Waals surface area contributed by atoms with Gasteiger partial charge in [-0.25, -0.2) is 0 Å². The molecule has 0 nitrogen and oxygen atoms in total. The summed E-state index contributed by atoms with van der Waals surface area (Å²) in [6.45, 7) is 6.98. The predicted molar refractivity (Wildman–Crippen MR) is 183 cm³/mol. The SMILES string of the molecule is Cc1cccc(C(CCc2ccc3c(c2)C(C)(C)c2cc(-c4ccc(-c5ccccc5)cc4)ccc2-3)c2ccccc2)c1. The normalized spacial score (nSPS) is 13.7. The molecule has 1 aliphatic carbocycles. The zero-order chi connectivity index (χ0) is 29.4. The minimum Gasteiger partial charge on any atom is -0.0622 e. The molecule has 0 heteroatoms. The van der Waals surface area contributed by atoms with E-state index in [1.165, 1.54) is 66.8 Å². The minimum atomic E-state index is -0.0456. The van der Waals surface area contributed by atoms with E-state index in [1.54, 1.807) is 0 Å². The summed E-state index contributed by atoms with van der Waals surface area (Å²) in [6.07, 6.45) is 2.13. The second-order valence-corrected chi connectivity index (χ2v) is 12.6. The molecule has 0 aliphatic heterocycles. The summed E-state index contributed by atoms with van der Waals surface area (Å²) >= 11 is 0. The maximum absolute atomic E-state index is 2.49. The molecule has 1 aliphatic rings. The van der Waals surface area contributed by atoms with Gasteiger partial charge in [0.25, 0.3) is 0 Å². The first kappa shape index (κ1) is 27.2. The van der Waals surface area contributed by atoms with Crippen LogP contribution in [0.25, 0.3) is 33.4 Å². The summed E-state index contributed by atoms with van der Waals surface area (Å²) in [5.41, 5.74) is 16.2. The zero-order valence-corrected chi connectivity index (χ0v) is 25.3. The Labute approximate surface area is 256 Å². The summed E-state index contributed by atoms with van der Waals surface area (Å²) in [6, 6.07) is 53.9. The van der Waals surface area contributed by atoms with E-state index in [0.717, 1.165) is 12.8 Å². The molecule has 6 aromatic rings. The Balaban J connectivity index is 1.15. The molecular weight excluding hydrogens is 516 g/mol. The fourth-order valence-electron chi connectivity index (χ4n) is 7.01. The van der Waals surface area contributed by atoms with Gasteiger partial charge in [-0.3, -0.25) is 0 Å². The van der Waals surface area contributed by atoms with E-state index in [1.807, 2.05) is 0 Å². The van der Waals surface area contributed by atoms with Crippen molar-refractivity contribution in [2.24, 2.45) is 0 Å². The lowest BCUT2D eigenvalue weighted by Crippen LogP contribution is -2.15. The van der Waals surface area contributed by atoms with Gasteiger partial charge in [-0.05, 0) is 87.0 Å². The van der Waals surface area contributed by atoms with Gasteiger partial charge in [0.05, 0.1) is 0 Å². The van der Waals surface area contributed by atoms with Gasteiger partial charge >= 0.3 is 0 Å². The van der Waals surface area contributed by atoms with Crippen LogP contribution in [-0.2, 0) is 11.8 Å². The van der Waals surface area contributed by atoms with Crippen molar-refractivity contribution in [3.8, 4) is 33.4 Å². The van der Waals surface area contributed by atoms with Crippen LogP contribution in [0.4, 0.5) is 0 Å². The van der Waals surface area contributed by atoms with Crippen LogP contribution in [0.5, 0.6) is 0 Å². The highest BCUT2D eigenvalue weighted by Gasteiger charge is 2.35. The second kappa shape index (κ2) is 11.2. The number of benzene rings is 6. The average molecular weight is 555 g/mol. The first-order valence-corrected chi connectivity index (χ1v) is 15.5. The molecule has 0 amide bonds. The van der Waals surface area contributed by atoms with Gasteiger partial charge in [-0.1, -0.05) is 159 Å². The lowest BCUT2D eigenvalue weighted by atomic mass is 9.80. The molecule has 1 atom stereocenters. The quantitative estimate of drug-likeness (QED) is 0.184. The fraction of sp³-hybridized carbons (Fsp3) is 0.163. The summed E-state index contributed by atoms with van der Waals surface area (Å²) in [7, 11) is 0. The molecule has 6 aromatic carbocycles. The highest BCUT2D eigenvalue weighted by molar-refractivity contribution is 5.84. The molecular formula is C43H38. The highest BCUT2D eigenvalue weighted by Crippen LogP contribution is 2.50. The number of rotatable bonds is 7. The van der Waals surface area contributed by atoms with Crippen LogP contribution in [0.1, 0.15) is 59.6 Å². The first-order chi connectivity index (χ1) is 21.0. The van der Waals surface area contributed by atoms with E-state index < -0.39 is 0 Å². The Hall–Kier alpha value is -4.68. The molecule has 0 fully saturated rings. The van der Waals surface area contributed by atoms with Crippen LogP contribution in [0.3, 0.4) is 0 Å². The number of aryl methyl sites for hydroxylation is 2. The van der Waals surface area contributed by atoms with Crippen molar-refractivity contribution in [3.63, 3.8) is 0 Å². The van der Waals surface area contributed by atoms with Gasteiger partial charge in [-0.15, -0.1) is 0 Å². The van der Waals surface area contributed by atoms with E-state index in [9.17, 15) is 0 Å². The summed E-state index contributed by atoms with van der Waals surface area (Å²) in [5.74, 6) is 0.385. The minimum absolute atomic E-state index is 0.0456. The molecule has 0 bridgehead atoms. The van der Waals surface area contributed by atoms with Crippen molar-refractivity contribution < 1.29 is 0 Å². The largest absolute Gasteiger partial charge is 0.0622 e. The first-order valence-electron chi connectivity index (χ1n) is 15.5. The van der Waals surface area contributed by atoms with Crippen molar-refractivity contribution >= 4 is 0 Å². The molecule has 210 valence electrons. The molecule has 7 rings (SSSR count). The van der Waals surface area contributed by atoms with Crippen molar-refractivity contribution in [1.82, 2.24) is 0 Å². The number of fused-ring (bicyclic) bond motifs is 3. The molecule has 0 aromatic heterocycles. The smallest absolute Gasteiger partial charge is 0.0159 e. The van der Waals surface area contributed by atoms with Gasteiger partial charge in [-0.2, -0.15) is 0 Å². The Morgan fingerprint density at radius 1 is 0.488 bits per heavy atom. The van der Waals surface area contributed by atoms with Crippen LogP contribution in [0.2, 0.25) is 0 Å². The third-order valence-corrected chi connectivity index (χ3v) is 9.43. The Morgan fingerprint density at radius 2 is 1.05 bits per heavy atom. The Kier molecular flexibility index (Phi) is 7.07. The molecule has 0 radical (unpaired) electrons. The average Bonchev–Trinajstić information content (AvgIpc) is 3.27. The zero-order valence-electron chi connectivity index (χ0n) is 25.3. The van der Waals surface area contributed by atoms with Crippen molar-refractivity contribution in [1.29, 1.82) is 0 Å². The highest BCUT2D eigenvalue weighted by atomic mass is 14.4. The molecule has 0 heterocycles. The monoisotopic (exact) mass is 554 g/mol. The molecule has 0 spiro atoms. The second-order valence-electron chi connectivity index (χ2n) is 12.6. The Bertz CT molecular complexity index is 1880. The van der Waals surface area contributed by atoms with E-state index in [0.29, 0.717) is 5.92 Å². The molecule has 0 N–H and O–H groups in total. The van der Waals surface area contributed by atoms with E-state index in [4.69, 9.17) is 0 Å². The molecule has 0 saturated carbocycles. The number of hydrogen-bond donors (Lipinski definition) is 0. The van der Waals surface area contributed by atoms with Crippen molar-refractivity contribution in [2.45, 2.75) is 44.9 Å². The topological polar surface area (TPSA) is 0 Å². The van der Waals surface area contributed by atoms with Crippen LogP contribution >= 0.6 is 0 Å². The van der Waals surface area contributed by atoms with Gasteiger partial charge in [0.15, 0.2) is 0 Å². The standard InChI is InChI=1S/C43H38/c1-30-11-10-16-37(27-30)38(35-14-8-5-9-15-35)24-17-31-18-25-39-40-26-23-36(29-42(40)43(2,3)41(39)28-31)34-21-19-33(20-22-34)32-12-6-4-7-13-32/h4-16,18-23,25-29,38H,17,24H2,1-3H3. The fourth-order valence-corrected chi connectivity index (χ4v) is 7.01. The van der Waals surface area contributed by atoms with Crippen molar-refractivity contribution in [3.05, 3.63) is 179 Å². The van der Waals surface area contributed by atoms with Crippen LogP contribution in [0.15, 0.2) is 146 Å². The van der Waals surface area contributed by atoms with Gasteiger partial charge in [0.2, 0.25) is 0 Å². The van der Waals surface area contributed by atoms with E-state index in [-0.39, 0.29) is 5.41 Å². The molecule has 1 unspecified atom stereocenters. The van der Waals surface area contributed by atoms with E-state index in [2.05, 4.69) is 166 Å². The van der Waals surface area contributed by atoms with Gasteiger partial charge < -0.3 is 0 Å². The third-order valence-electron chi connectivity index (χ3n) is 9.43. The van der Waals surface area contributed by atoms with Gasteiger partial charge in [0, 0.05) is 11.3 Å². The molecule has 43 heavy (non-hydrogen) atoms. The maximum Gasteiger partial charge on any atom is 0.0159 e. The Morgan fingerprint density at radius 3 is 1.74 bits per heavy atom. The summed E-state index contributed by atoms with van der Waals surface area (Å²) in [4.78, 5) is 0. The van der Waals surface area contributed by atoms with Crippen LogP contribution in [-0.4, -0.2) is 0 Å². The lowest BCUT2D eigenvalue weighted by Gasteiger charge is -2.23. The maximum atomic E-state index is 2.49. The van der Waals surface area contributed by atoms with E-state index >= 15 is 0 Å². The predicted octanol–water partition coefficient (Wildman–Crippen LogP) is 11.4. The summed E-state index contributed by atoms with van der Waals surface area (Å²) in [5, 5.41) is 0. The molecule has 0 saturated heterocycles. The lowest BCUT2D eigenvalue weighted by molar-refractivity contribution is 0.657. The number of hydrogen-bond acceptors (Lipinski definition) is 0. The third kappa shape index (κ3) is 5.23. The van der Waals surface area contributed by atoms with Gasteiger partial charge in [0.1, 0.15) is 0 Å². The van der Waals surface area contributed by atoms with Crippen molar-refractivity contribution in [2.75, 3.05) is 0 Å².